The number of carbonyl (C=O) groups is 1. The van der Waals surface area contributed by atoms with Crippen molar-refractivity contribution in [2.24, 2.45) is 0 Å². The zero-order chi connectivity index (χ0) is 15.2. The van der Waals surface area contributed by atoms with Crippen LogP contribution in [0.15, 0.2) is 29.2 Å². The van der Waals surface area contributed by atoms with Crippen molar-refractivity contribution in [1.82, 2.24) is 0 Å². The smallest absolute Gasteiger partial charge is 0.328 e. The molecule has 21 heavy (non-hydrogen) atoms. The lowest BCUT2D eigenvalue weighted by atomic mass is 10.0. The van der Waals surface area contributed by atoms with Crippen LogP contribution >= 0.6 is 11.8 Å². The number of benzene rings is 1. The highest BCUT2D eigenvalue weighted by Gasteiger charge is 2.20. The van der Waals surface area contributed by atoms with Crippen molar-refractivity contribution in [3.05, 3.63) is 40.0 Å². The van der Waals surface area contributed by atoms with Crippen molar-refractivity contribution >= 4 is 29.5 Å². The molecule has 0 spiro atoms. The summed E-state index contributed by atoms with van der Waals surface area (Å²) in [5.41, 5.74) is 0.579. The highest BCUT2D eigenvalue weighted by molar-refractivity contribution is 8.00. The number of carboxylic acid groups (broad SMARTS) is 1. The number of thioether (sulfide) groups is 1. The maximum absolute atomic E-state index is 11.2. The van der Waals surface area contributed by atoms with Crippen molar-refractivity contribution in [1.29, 1.82) is 0 Å². The number of nitro groups is 1. The van der Waals surface area contributed by atoms with E-state index >= 15 is 0 Å². The molecule has 1 aromatic rings. The van der Waals surface area contributed by atoms with Crippen LogP contribution < -0.4 is 0 Å². The van der Waals surface area contributed by atoms with E-state index in [0.717, 1.165) is 18.9 Å². The minimum atomic E-state index is -1.07. The summed E-state index contributed by atoms with van der Waals surface area (Å²) in [5, 5.41) is 20.2. The molecule has 0 radical (unpaired) electrons. The Kier molecular flexibility index (Phi) is 5.38. The average Bonchev–Trinajstić information content (AvgIpc) is 2.47. The number of rotatable bonds is 5. The minimum absolute atomic E-state index is 0.0538. The molecule has 1 aromatic carbocycles. The minimum Gasteiger partial charge on any atom is -0.478 e. The Morgan fingerprint density at radius 3 is 2.67 bits per heavy atom. The monoisotopic (exact) mass is 307 g/mol. The van der Waals surface area contributed by atoms with Gasteiger partial charge in [-0.1, -0.05) is 25.3 Å². The van der Waals surface area contributed by atoms with E-state index < -0.39 is 10.9 Å². The average molecular weight is 307 g/mol. The van der Waals surface area contributed by atoms with Crippen molar-refractivity contribution in [3.8, 4) is 0 Å². The van der Waals surface area contributed by atoms with Gasteiger partial charge in [-0.15, -0.1) is 11.8 Å². The summed E-state index contributed by atoms with van der Waals surface area (Å²) in [5.74, 6) is -1.07. The summed E-state index contributed by atoms with van der Waals surface area (Å²) < 4.78 is 0. The first-order valence-electron chi connectivity index (χ1n) is 6.92. The second-order valence-corrected chi connectivity index (χ2v) is 6.38. The number of nitrogens with zero attached hydrogens (tertiary/aromatic N) is 1. The summed E-state index contributed by atoms with van der Waals surface area (Å²) in [6, 6.07) is 4.88. The zero-order valence-electron chi connectivity index (χ0n) is 11.5. The lowest BCUT2D eigenvalue weighted by molar-refractivity contribution is -0.387. The molecule has 1 fully saturated rings. The van der Waals surface area contributed by atoms with Crippen molar-refractivity contribution in [2.75, 3.05) is 0 Å². The van der Waals surface area contributed by atoms with Crippen molar-refractivity contribution in [3.63, 3.8) is 0 Å². The maximum atomic E-state index is 11.2. The van der Waals surface area contributed by atoms with Crippen LogP contribution in [0.2, 0.25) is 0 Å². The first kappa shape index (κ1) is 15.6. The molecule has 0 bridgehead atoms. The van der Waals surface area contributed by atoms with E-state index in [9.17, 15) is 14.9 Å². The van der Waals surface area contributed by atoms with E-state index in [1.807, 2.05) is 0 Å². The van der Waals surface area contributed by atoms with Crippen LogP contribution in [0.3, 0.4) is 0 Å². The predicted octanol–water partition coefficient (Wildman–Crippen LogP) is 4.12. The van der Waals surface area contributed by atoms with Crippen LogP contribution in [0.4, 0.5) is 5.69 Å². The number of nitro benzene ring substituents is 1. The maximum Gasteiger partial charge on any atom is 0.328 e. The second kappa shape index (κ2) is 7.26. The summed E-state index contributed by atoms with van der Waals surface area (Å²) in [6.45, 7) is 0. The number of hydrogen-bond donors (Lipinski definition) is 1. The standard InChI is InChI=1S/C15H17NO4S/c17-15(18)9-7-11-6-8-14(13(10-11)16(19)20)21-12-4-2-1-3-5-12/h6-10,12H,1-5H2,(H,17,18)/b9-7+. The van der Waals surface area contributed by atoms with Gasteiger partial charge in [-0.05, 0) is 30.5 Å². The van der Waals surface area contributed by atoms with Gasteiger partial charge in [-0.25, -0.2) is 4.79 Å². The molecule has 0 aliphatic heterocycles. The highest BCUT2D eigenvalue weighted by atomic mass is 32.2. The molecule has 6 heteroatoms. The van der Waals surface area contributed by atoms with Crippen LogP contribution in [0.1, 0.15) is 37.7 Å². The topological polar surface area (TPSA) is 80.4 Å². The second-order valence-electron chi connectivity index (χ2n) is 5.03. The summed E-state index contributed by atoms with van der Waals surface area (Å²) in [4.78, 5) is 22.0. The fraction of sp³-hybridized carbons (Fsp3) is 0.400. The molecule has 0 unspecified atom stereocenters. The van der Waals surface area contributed by atoms with Crippen molar-refractivity contribution in [2.45, 2.75) is 42.2 Å². The van der Waals surface area contributed by atoms with Gasteiger partial charge >= 0.3 is 5.97 Å². The normalized spacial score (nSPS) is 16.2. The molecule has 112 valence electrons. The lowest BCUT2D eigenvalue weighted by Gasteiger charge is -2.20. The number of aliphatic carboxylic acids is 1. The van der Waals surface area contributed by atoms with E-state index in [2.05, 4.69) is 0 Å². The van der Waals surface area contributed by atoms with Crippen LogP contribution in [0.25, 0.3) is 6.08 Å². The fourth-order valence-corrected chi connectivity index (χ4v) is 3.74. The quantitative estimate of drug-likeness (QED) is 0.503. The van der Waals surface area contributed by atoms with Gasteiger partial charge in [0, 0.05) is 17.4 Å². The van der Waals surface area contributed by atoms with Crippen LogP contribution in [-0.2, 0) is 4.79 Å². The molecule has 0 saturated heterocycles. The van der Waals surface area contributed by atoms with Gasteiger partial charge in [0.2, 0.25) is 0 Å². The highest BCUT2D eigenvalue weighted by Crippen LogP contribution is 2.38. The summed E-state index contributed by atoms with van der Waals surface area (Å²) in [6.07, 6.45) is 8.16. The largest absolute Gasteiger partial charge is 0.478 e. The third kappa shape index (κ3) is 4.60. The molecule has 2 rings (SSSR count). The zero-order valence-corrected chi connectivity index (χ0v) is 12.3. The number of hydrogen-bond acceptors (Lipinski definition) is 4. The summed E-state index contributed by atoms with van der Waals surface area (Å²) >= 11 is 1.57. The van der Waals surface area contributed by atoms with E-state index in [1.165, 1.54) is 31.4 Å². The van der Waals surface area contributed by atoms with Crippen molar-refractivity contribution < 1.29 is 14.8 Å². The predicted molar refractivity (Wildman–Crippen MR) is 82.5 cm³/mol. The van der Waals surface area contributed by atoms with E-state index in [4.69, 9.17) is 5.11 Å². The third-order valence-electron chi connectivity index (χ3n) is 3.44. The fourth-order valence-electron chi connectivity index (χ4n) is 2.41. The Balaban J connectivity index is 2.20. The molecular weight excluding hydrogens is 290 g/mol. The molecule has 0 atom stereocenters. The van der Waals surface area contributed by atoms with E-state index in [-0.39, 0.29) is 5.69 Å². The van der Waals surface area contributed by atoms with E-state index in [1.54, 1.807) is 23.9 Å². The van der Waals surface area contributed by atoms with Gasteiger partial charge in [-0.2, -0.15) is 0 Å². The molecule has 1 aliphatic carbocycles. The van der Waals surface area contributed by atoms with Crippen LogP contribution in [0, 0.1) is 10.1 Å². The van der Waals surface area contributed by atoms with Crippen LogP contribution in [0.5, 0.6) is 0 Å². The molecule has 1 aliphatic rings. The van der Waals surface area contributed by atoms with Gasteiger partial charge in [-0.3, -0.25) is 10.1 Å². The molecule has 5 nitrogen and oxygen atoms in total. The molecule has 0 heterocycles. The summed E-state index contributed by atoms with van der Waals surface area (Å²) in [7, 11) is 0. The molecule has 0 aromatic heterocycles. The van der Waals surface area contributed by atoms with Gasteiger partial charge < -0.3 is 5.11 Å². The third-order valence-corrected chi connectivity index (χ3v) is 4.85. The Hall–Kier alpha value is -1.82. The Morgan fingerprint density at radius 2 is 2.05 bits per heavy atom. The molecule has 0 amide bonds. The van der Waals surface area contributed by atoms with Gasteiger partial charge in [0.15, 0.2) is 0 Å². The Morgan fingerprint density at radius 1 is 1.33 bits per heavy atom. The van der Waals surface area contributed by atoms with E-state index in [0.29, 0.717) is 15.7 Å². The van der Waals surface area contributed by atoms with Crippen LogP contribution in [-0.4, -0.2) is 21.2 Å². The Bertz CT molecular complexity index is 565. The van der Waals surface area contributed by atoms with Gasteiger partial charge in [0.05, 0.1) is 9.82 Å². The number of carboxylic acids is 1. The first-order valence-corrected chi connectivity index (χ1v) is 7.80. The molecule has 1 saturated carbocycles. The molecule has 1 N–H and O–H groups in total. The first-order chi connectivity index (χ1) is 10.1. The van der Waals surface area contributed by atoms with Gasteiger partial charge in [0.1, 0.15) is 0 Å². The van der Waals surface area contributed by atoms with Gasteiger partial charge in [0.25, 0.3) is 5.69 Å². The molecular formula is C15H17NO4S. The Labute approximate surface area is 127 Å². The SMILES string of the molecule is O=C(O)/C=C/c1ccc(SC2CCCCC2)c([N+](=O)[O-])c1. The lowest BCUT2D eigenvalue weighted by Crippen LogP contribution is -2.08.